The van der Waals surface area contributed by atoms with E-state index in [1.807, 2.05) is 79.7 Å². The number of thiazole rings is 1. The fraction of sp³-hybridized carbons (Fsp3) is 0.400. The lowest BCUT2D eigenvalue weighted by Crippen LogP contribution is -2.39. The molecule has 3 aromatic heterocycles. The Balaban J connectivity index is 1.08. The SMILES string of the molecule is CC(=NCC1CCCCC1)/C(=C\N)c1ccc(N2CCc3cccc(C(=O)Nc4nc5cccnc5s4)c3C2)nc1C(=O)NSCCN(CCC(=O)OCc1ccccc1)C(=O)OC(C)(C)C. The zero-order valence-electron chi connectivity index (χ0n) is 38.6. The molecule has 2 aromatic carbocycles. The minimum absolute atomic E-state index is 0.0347. The number of esters is 1. The van der Waals surface area contributed by atoms with E-state index in [-0.39, 0.29) is 43.5 Å². The number of benzene rings is 2. The monoisotopic (exact) mass is 945 g/mol. The van der Waals surface area contributed by atoms with Gasteiger partial charge in [-0.05, 0) is 112 Å². The van der Waals surface area contributed by atoms with Crippen LogP contribution in [0.1, 0.15) is 109 Å². The van der Waals surface area contributed by atoms with Crippen LogP contribution in [-0.2, 0) is 33.8 Å². The summed E-state index contributed by atoms with van der Waals surface area (Å²) in [6.07, 6.45) is 9.17. The lowest BCUT2D eigenvalue weighted by molar-refractivity contribution is -0.145. The molecule has 1 aliphatic heterocycles. The predicted octanol–water partition coefficient (Wildman–Crippen LogP) is 8.99. The molecule has 4 N–H and O–H groups in total. The number of allylic oxidation sites excluding steroid dienone is 1. The number of carbonyl (C=O) groups is 4. The Morgan fingerprint density at radius 2 is 1.76 bits per heavy atom. The average molecular weight is 946 g/mol. The van der Waals surface area contributed by atoms with Gasteiger partial charge >= 0.3 is 12.1 Å². The molecule has 1 fully saturated rings. The molecule has 3 amide bonds. The van der Waals surface area contributed by atoms with Gasteiger partial charge in [0.25, 0.3) is 11.8 Å². The number of aliphatic imine (C=N–C) groups is 1. The largest absolute Gasteiger partial charge is 0.461 e. The van der Waals surface area contributed by atoms with Crippen LogP contribution in [0.3, 0.4) is 0 Å². The van der Waals surface area contributed by atoms with Crippen LogP contribution in [0.4, 0.5) is 15.7 Å². The van der Waals surface area contributed by atoms with Crippen molar-refractivity contribution in [1.29, 1.82) is 0 Å². The van der Waals surface area contributed by atoms with E-state index in [1.54, 1.807) is 27.0 Å². The molecule has 352 valence electrons. The van der Waals surface area contributed by atoms with Crippen LogP contribution < -0.4 is 20.7 Å². The third kappa shape index (κ3) is 13.4. The normalized spacial score (nSPS) is 14.6. The van der Waals surface area contributed by atoms with Crippen molar-refractivity contribution in [3.8, 4) is 0 Å². The summed E-state index contributed by atoms with van der Waals surface area (Å²) in [5, 5.41) is 3.44. The number of hydrogen-bond acceptors (Lipinski definition) is 14. The van der Waals surface area contributed by atoms with Gasteiger partial charge in [-0.2, -0.15) is 0 Å². The number of aromatic nitrogens is 3. The fourth-order valence-corrected chi connectivity index (χ4v) is 9.54. The average Bonchev–Trinajstić information content (AvgIpc) is 3.74. The van der Waals surface area contributed by atoms with Crippen molar-refractivity contribution >= 4 is 79.7 Å². The van der Waals surface area contributed by atoms with Gasteiger partial charge in [0, 0.05) is 73.3 Å². The molecule has 2 aliphatic rings. The standard InChI is InChI=1S/C50H59N9O6S2/c1-33(53-30-34-13-7-5-8-14-34)39(29-51)37-20-21-42(59-25-22-36-17-11-18-38(40(36)31-59)45(61)56-48-54-41-19-12-24-52-47(41)67-48)55-44(37)46(62)57-66-28-27-58(49(63)65-50(2,3)4)26-23-43(60)64-32-35-15-9-6-10-16-35/h6,9-12,15-21,24,29,34H,5,7-8,13-14,22-23,25-28,30-32,51H2,1-4H3,(H,57,62)(H,54,56,61)/b39-29+,53-33?. The summed E-state index contributed by atoms with van der Waals surface area (Å²) in [5.41, 5.74) is 11.6. The van der Waals surface area contributed by atoms with Crippen LogP contribution in [0.15, 0.2) is 90.2 Å². The topological polar surface area (TPSA) is 194 Å². The number of nitrogens with zero attached hydrogens (tertiary/aromatic N) is 6. The highest BCUT2D eigenvalue weighted by atomic mass is 32.2. The number of rotatable bonds is 17. The van der Waals surface area contributed by atoms with Crippen molar-refractivity contribution in [2.45, 2.75) is 91.4 Å². The first-order valence-corrected chi connectivity index (χ1v) is 24.6. The number of carbonyl (C=O) groups excluding carboxylic acids is 4. The van der Waals surface area contributed by atoms with Gasteiger partial charge in [0.1, 0.15) is 34.1 Å². The summed E-state index contributed by atoms with van der Waals surface area (Å²) < 4.78 is 14.1. The third-order valence-corrected chi connectivity index (χ3v) is 13.2. The van der Waals surface area contributed by atoms with Crippen molar-refractivity contribution in [3.05, 3.63) is 119 Å². The number of nitrogens with one attached hydrogen (secondary N) is 2. The molecule has 17 heteroatoms. The number of nitrogens with two attached hydrogens (primary N) is 1. The van der Waals surface area contributed by atoms with E-state index in [9.17, 15) is 19.2 Å². The number of hydrogen-bond donors (Lipinski definition) is 3. The van der Waals surface area contributed by atoms with E-state index in [1.165, 1.54) is 41.7 Å². The van der Waals surface area contributed by atoms with Crippen molar-refractivity contribution in [2.24, 2.45) is 16.6 Å². The summed E-state index contributed by atoms with van der Waals surface area (Å²) in [5.74, 6) is 0.165. The molecule has 0 unspecified atom stereocenters. The highest BCUT2D eigenvalue weighted by Gasteiger charge is 2.27. The molecule has 1 aliphatic carbocycles. The summed E-state index contributed by atoms with van der Waals surface area (Å²) in [4.78, 5) is 77.3. The molecule has 5 aromatic rings. The molecule has 0 bridgehead atoms. The van der Waals surface area contributed by atoms with Crippen molar-refractivity contribution < 1.29 is 28.7 Å². The van der Waals surface area contributed by atoms with Gasteiger partial charge in [0.2, 0.25) is 0 Å². The fourth-order valence-electron chi connectivity index (χ4n) is 8.10. The van der Waals surface area contributed by atoms with Crippen molar-refractivity contribution in [1.82, 2.24) is 24.6 Å². The molecule has 67 heavy (non-hydrogen) atoms. The first-order valence-electron chi connectivity index (χ1n) is 22.8. The van der Waals surface area contributed by atoms with Gasteiger partial charge < -0.3 is 25.0 Å². The quantitative estimate of drug-likeness (QED) is 0.0347. The Bertz CT molecular complexity index is 2570. The zero-order chi connectivity index (χ0) is 47.3. The van der Waals surface area contributed by atoms with E-state index in [2.05, 4.69) is 24.9 Å². The molecular formula is C50H59N9O6S2. The molecule has 7 rings (SSSR count). The number of amides is 3. The molecular weight excluding hydrogens is 887 g/mol. The predicted molar refractivity (Wildman–Crippen MR) is 266 cm³/mol. The second kappa shape index (κ2) is 22.9. The first kappa shape index (κ1) is 48.6. The van der Waals surface area contributed by atoms with Crippen LogP contribution >= 0.6 is 23.3 Å². The zero-order valence-corrected chi connectivity index (χ0v) is 40.2. The van der Waals surface area contributed by atoms with Gasteiger partial charge in [-0.1, -0.05) is 73.1 Å². The van der Waals surface area contributed by atoms with E-state index >= 15 is 0 Å². The summed E-state index contributed by atoms with van der Waals surface area (Å²) in [6, 6.07) is 22.5. The van der Waals surface area contributed by atoms with E-state index < -0.39 is 23.6 Å². The highest BCUT2D eigenvalue weighted by molar-refractivity contribution is 7.97. The number of fused-ring (bicyclic) bond motifs is 2. The molecule has 0 radical (unpaired) electrons. The van der Waals surface area contributed by atoms with Crippen molar-refractivity contribution in [2.75, 3.05) is 42.1 Å². The van der Waals surface area contributed by atoms with Crippen LogP contribution in [0.2, 0.25) is 0 Å². The highest BCUT2D eigenvalue weighted by Crippen LogP contribution is 2.31. The molecule has 4 heterocycles. The Morgan fingerprint density at radius 1 is 0.955 bits per heavy atom. The summed E-state index contributed by atoms with van der Waals surface area (Å²) >= 11 is 2.43. The van der Waals surface area contributed by atoms with Crippen LogP contribution in [0, 0.1) is 5.92 Å². The third-order valence-electron chi connectivity index (χ3n) is 11.6. The molecule has 0 saturated heterocycles. The van der Waals surface area contributed by atoms with Crippen LogP contribution in [-0.4, -0.2) is 87.0 Å². The minimum Gasteiger partial charge on any atom is -0.461 e. The van der Waals surface area contributed by atoms with Gasteiger partial charge in [0.15, 0.2) is 5.13 Å². The Hall–Kier alpha value is -6.33. The Morgan fingerprint density at radius 3 is 2.52 bits per heavy atom. The van der Waals surface area contributed by atoms with Gasteiger partial charge in [-0.25, -0.2) is 19.7 Å². The van der Waals surface area contributed by atoms with Crippen LogP contribution in [0.25, 0.3) is 15.9 Å². The maximum absolute atomic E-state index is 14.3. The number of pyridine rings is 2. The summed E-state index contributed by atoms with van der Waals surface area (Å²) in [7, 11) is 0. The van der Waals surface area contributed by atoms with Gasteiger partial charge in [0.05, 0.1) is 6.42 Å². The van der Waals surface area contributed by atoms with E-state index in [0.717, 1.165) is 46.3 Å². The van der Waals surface area contributed by atoms with Gasteiger partial charge in [-0.15, -0.1) is 0 Å². The van der Waals surface area contributed by atoms with E-state index in [0.29, 0.717) is 70.9 Å². The maximum Gasteiger partial charge on any atom is 0.410 e. The van der Waals surface area contributed by atoms with E-state index in [4.69, 9.17) is 25.2 Å². The second-order valence-corrected chi connectivity index (χ2v) is 19.5. The van der Waals surface area contributed by atoms with Crippen LogP contribution in [0.5, 0.6) is 0 Å². The van der Waals surface area contributed by atoms with Gasteiger partial charge in [-0.3, -0.25) is 29.4 Å². The Labute approximate surface area is 400 Å². The molecule has 0 atom stereocenters. The lowest BCUT2D eigenvalue weighted by atomic mass is 9.89. The summed E-state index contributed by atoms with van der Waals surface area (Å²) in [6.45, 7) is 9.28. The molecule has 15 nitrogen and oxygen atoms in total. The number of ether oxygens (including phenoxy) is 2. The number of anilines is 2. The minimum atomic E-state index is -0.761. The maximum atomic E-state index is 14.3. The molecule has 0 spiro atoms. The van der Waals surface area contributed by atoms with Crippen molar-refractivity contribution in [3.63, 3.8) is 0 Å². The second-order valence-electron chi connectivity index (χ2n) is 17.6. The lowest BCUT2D eigenvalue weighted by Gasteiger charge is -2.31. The molecule has 1 saturated carbocycles. The first-order chi connectivity index (χ1) is 32.3. The smallest absolute Gasteiger partial charge is 0.410 e. The Kier molecular flexibility index (Phi) is 16.6.